The third-order valence-electron chi connectivity index (χ3n) is 4.67. The molecule has 0 bridgehead atoms. The molecule has 0 aliphatic rings. The highest BCUT2D eigenvalue weighted by Crippen LogP contribution is 2.28. The Balaban J connectivity index is 1.46. The summed E-state index contributed by atoms with van der Waals surface area (Å²) in [5.74, 6) is -0.00386. The van der Waals surface area contributed by atoms with Gasteiger partial charge < -0.3 is 9.73 Å². The largest absolute Gasteiger partial charge is 0.431 e. The molecule has 0 saturated heterocycles. The van der Waals surface area contributed by atoms with E-state index < -0.39 is 9.84 Å². The van der Waals surface area contributed by atoms with E-state index in [1.54, 1.807) is 24.3 Å². The minimum Gasteiger partial charge on any atom is -0.431 e. The molecule has 0 unspecified atom stereocenters. The highest BCUT2D eigenvalue weighted by molar-refractivity contribution is 7.99. The van der Waals surface area contributed by atoms with Crippen LogP contribution in [-0.4, -0.2) is 30.8 Å². The molecule has 4 rings (SSSR count). The van der Waals surface area contributed by atoms with Gasteiger partial charge >= 0.3 is 0 Å². The fourth-order valence-corrected chi connectivity index (χ4v) is 5.41. The van der Waals surface area contributed by atoms with Crippen LogP contribution in [0.3, 0.4) is 0 Å². The number of fused-ring (bicyclic) bond motifs is 1. The fourth-order valence-electron chi connectivity index (χ4n) is 3.06. The Labute approximate surface area is 188 Å². The summed E-state index contributed by atoms with van der Waals surface area (Å²) in [6.45, 7) is 1.60. The average molecular weight is 473 g/mol. The van der Waals surface area contributed by atoms with Crippen molar-refractivity contribution in [1.29, 1.82) is 0 Å². The highest BCUT2D eigenvalue weighted by atomic mass is 32.2. The van der Waals surface area contributed by atoms with Gasteiger partial charge in [-0.3, -0.25) is 4.79 Å². The molecule has 0 spiro atoms. The molecule has 0 aliphatic carbocycles. The van der Waals surface area contributed by atoms with Crippen molar-refractivity contribution < 1.29 is 17.6 Å². The van der Waals surface area contributed by atoms with Crippen LogP contribution in [0.2, 0.25) is 0 Å². The second-order valence-corrected chi connectivity index (χ2v) is 10.9. The summed E-state index contributed by atoms with van der Waals surface area (Å²) >= 11 is 2.76. The number of carbonyl (C=O) groups excluding carboxylic acids is 1. The molecule has 31 heavy (non-hydrogen) atoms. The number of carbonyl (C=O) groups is 1. The van der Waals surface area contributed by atoms with Gasteiger partial charge in [0.05, 0.1) is 22.4 Å². The van der Waals surface area contributed by atoms with Crippen LogP contribution < -0.4 is 5.32 Å². The highest BCUT2D eigenvalue weighted by Gasteiger charge is 2.19. The van der Waals surface area contributed by atoms with Crippen molar-refractivity contribution >= 4 is 49.9 Å². The predicted octanol–water partition coefficient (Wildman–Crippen LogP) is 4.68. The van der Waals surface area contributed by atoms with Crippen molar-refractivity contribution in [1.82, 2.24) is 10.3 Å². The normalized spacial score (nSPS) is 12.7. The zero-order chi connectivity index (χ0) is 21.8. The van der Waals surface area contributed by atoms with Gasteiger partial charge in [0.2, 0.25) is 5.91 Å². The number of thioether (sulfide) groups is 1. The van der Waals surface area contributed by atoms with Gasteiger partial charge in [-0.15, -0.1) is 11.3 Å². The van der Waals surface area contributed by atoms with Crippen LogP contribution in [0.1, 0.15) is 23.4 Å². The van der Waals surface area contributed by atoms with Crippen molar-refractivity contribution in [3.63, 3.8) is 0 Å². The first-order valence-corrected chi connectivity index (χ1v) is 13.1. The molecule has 1 N–H and O–H groups in total. The van der Waals surface area contributed by atoms with Gasteiger partial charge in [0.25, 0.3) is 5.22 Å². The maximum atomic E-state index is 12.7. The van der Waals surface area contributed by atoms with Crippen LogP contribution >= 0.6 is 23.1 Å². The minimum atomic E-state index is -3.32. The van der Waals surface area contributed by atoms with E-state index in [2.05, 4.69) is 10.3 Å². The Morgan fingerprint density at radius 3 is 2.68 bits per heavy atom. The standard InChI is InChI=1S/C22H20N2O4S3/c1-2-31(26,27)16-10-11-18-17(13-16)23-22(28-18)30-14-20(25)24-21(19-9-6-12-29-19)15-7-4-3-5-8-15/h3-13,21H,2,14H2,1H3,(H,24,25)/t21-/m0/s1. The number of oxazole rings is 1. The molecule has 4 aromatic rings. The third-order valence-corrected chi connectivity index (χ3v) is 8.17. The van der Waals surface area contributed by atoms with Gasteiger partial charge in [0.1, 0.15) is 5.52 Å². The number of thiophene rings is 1. The lowest BCUT2D eigenvalue weighted by molar-refractivity contribution is -0.119. The Morgan fingerprint density at radius 2 is 1.97 bits per heavy atom. The second kappa shape index (κ2) is 9.25. The van der Waals surface area contributed by atoms with Crippen LogP contribution in [0.25, 0.3) is 11.1 Å². The second-order valence-electron chi connectivity index (χ2n) is 6.73. The van der Waals surface area contributed by atoms with Crippen molar-refractivity contribution in [2.24, 2.45) is 0 Å². The molecular formula is C22H20N2O4S3. The fraction of sp³-hybridized carbons (Fsp3) is 0.182. The molecule has 6 nitrogen and oxygen atoms in total. The van der Waals surface area contributed by atoms with Crippen molar-refractivity contribution in [3.05, 3.63) is 76.5 Å². The zero-order valence-corrected chi connectivity index (χ0v) is 19.1. The number of nitrogens with one attached hydrogen (secondary N) is 1. The topological polar surface area (TPSA) is 89.3 Å². The zero-order valence-electron chi connectivity index (χ0n) is 16.6. The maximum absolute atomic E-state index is 12.7. The SMILES string of the molecule is CCS(=O)(=O)c1ccc2oc(SCC(=O)N[C@@H](c3ccccc3)c3cccs3)nc2c1. The molecule has 0 aliphatic heterocycles. The van der Waals surface area contributed by atoms with E-state index in [-0.39, 0.29) is 28.4 Å². The molecule has 0 radical (unpaired) electrons. The smallest absolute Gasteiger partial charge is 0.257 e. The van der Waals surface area contributed by atoms with E-state index in [1.807, 2.05) is 47.8 Å². The summed E-state index contributed by atoms with van der Waals surface area (Å²) in [5, 5.41) is 5.38. The number of hydrogen-bond acceptors (Lipinski definition) is 7. The van der Waals surface area contributed by atoms with Crippen LogP contribution in [0, 0.1) is 0 Å². The lowest BCUT2D eigenvalue weighted by Crippen LogP contribution is -2.30. The number of benzene rings is 2. The molecule has 0 saturated carbocycles. The van der Waals surface area contributed by atoms with Crippen molar-refractivity contribution in [2.75, 3.05) is 11.5 Å². The molecule has 160 valence electrons. The molecule has 0 fully saturated rings. The van der Waals surface area contributed by atoms with Crippen LogP contribution in [0.5, 0.6) is 0 Å². The summed E-state index contributed by atoms with van der Waals surface area (Å²) in [5.41, 5.74) is 1.95. The van der Waals surface area contributed by atoms with Gasteiger partial charge in [-0.05, 0) is 35.2 Å². The van der Waals surface area contributed by atoms with Gasteiger partial charge in [-0.2, -0.15) is 0 Å². The predicted molar refractivity (Wildman–Crippen MR) is 123 cm³/mol. The lowest BCUT2D eigenvalue weighted by atomic mass is 10.1. The molecular weight excluding hydrogens is 452 g/mol. The summed E-state index contributed by atoms with van der Waals surface area (Å²) < 4.78 is 29.8. The number of aromatic nitrogens is 1. The quantitative estimate of drug-likeness (QED) is 0.375. The van der Waals surface area contributed by atoms with Gasteiger partial charge in [-0.1, -0.05) is 55.1 Å². The summed E-state index contributed by atoms with van der Waals surface area (Å²) in [4.78, 5) is 18.3. The number of nitrogens with zero attached hydrogens (tertiary/aromatic N) is 1. The lowest BCUT2D eigenvalue weighted by Gasteiger charge is -2.17. The molecule has 1 amide bonds. The van der Waals surface area contributed by atoms with Gasteiger partial charge in [0.15, 0.2) is 15.4 Å². The first kappa shape index (κ1) is 21.6. The van der Waals surface area contributed by atoms with E-state index in [1.165, 1.54) is 23.9 Å². The van der Waals surface area contributed by atoms with Gasteiger partial charge in [-0.25, -0.2) is 13.4 Å². The Bertz CT molecular complexity index is 1280. The van der Waals surface area contributed by atoms with Crippen LogP contribution in [-0.2, 0) is 14.6 Å². The first-order chi connectivity index (χ1) is 15.0. The van der Waals surface area contributed by atoms with E-state index in [0.29, 0.717) is 16.3 Å². The number of sulfone groups is 1. The van der Waals surface area contributed by atoms with E-state index >= 15 is 0 Å². The molecule has 2 heterocycles. The minimum absolute atomic E-state index is 0.0188. The number of rotatable bonds is 8. The molecule has 9 heteroatoms. The Hall–Kier alpha value is -2.62. The van der Waals surface area contributed by atoms with E-state index in [9.17, 15) is 13.2 Å². The first-order valence-electron chi connectivity index (χ1n) is 9.60. The monoisotopic (exact) mass is 472 g/mol. The number of hydrogen-bond donors (Lipinski definition) is 1. The van der Waals surface area contributed by atoms with E-state index in [4.69, 9.17) is 4.42 Å². The summed E-state index contributed by atoms with van der Waals surface area (Å²) in [6, 6.07) is 18.2. The van der Waals surface area contributed by atoms with Crippen molar-refractivity contribution in [2.45, 2.75) is 23.1 Å². The Kier molecular flexibility index (Phi) is 6.45. The average Bonchev–Trinajstić information content (AvgIpc) is 3.46. The molecule has 1 atom stereocenters. The summed E-state index contributed by atoms with van der Waals surface area (Å²) in [6.07, 6.45) is 0. The third kappa shape index (κ3) is 5.00. The molecule has 2 aromatic carbocycles. The number of amides is 1. The maximum Gasteiger partial charge on any atom is 0.257 e. The van der Waals surface area contributed by atoms with Gasteiger partial charge in [0, 0.05) is 4.88 Å². The van der Waals surface area contributed by atoms with Crippen molar-refractivity contribution in [3.8, 4) is 0 Å². The Morgan fingerprint density at radius 1 is 1.16 bits per heavy atom. The summed E-state index contributed by atoms with van der Waals surface area (Å²) in [7, 11) is -3.32. The van der Waals surface area contributed by atoms with Crippen LogP contribution in [0.4, 0.5) is 0 Å². The molecule has 2 aromatic heterocycles. The van der Waals surface area contributed by atoms with E-state index in [0.717, 1.165) is 10.4 Å². The van der Waals surface area contributed by atoms with Crippen LogP contribution in [0.15, 0.2) is 80.6 Å².